The molecule has 1 heterocycles. The Morgan fingerprint density at radius 3 is 2.59 bits per heavy atom. The Balaban J connectivity index is 1.87. The molecule has 1 saturated heterocycles. The predicted octanol–water partition coefficient (Wildman–Crippen LogP) is 2.48. The van der Waals surface area contributed by atoms with Crippen molar-refractivity contribution in [3.63, 3.8) is 0 Å². The van der Waals surface area contributed by atoms with Crippen molar-refractivity contribution in [1.82, 2.24) is 5.32 Å². The van der Waals surface area contributed by atoms with Crippen molar-refractivity contribution in [1.29, 1.82) is 0 Å². The second-order valence-electron chi connectivity index (χ2n) is 6.49. The number of rotatable bonds is 7. The average Bonchev–Trinajstić information content (AvgIpc) is 3.23. The first-order valence-corrected chi connectivity index (χ1v) is 7.70. The third-order valence-corrected chi connectivity index (χ3v) is 3.85. The molecule has 1 amide bonds. The van der Waals surface area contributed by atoms with Gasteiger partial charge in [-0.1, -0.05) is 44.2 Å². The minimum Gasteiger partial charge on any atom is -0.445 e. The van der Waals surface area contributed by atoms with E-state index in [0.717, 1.165) is 5.56 Å². The van der Waals surface area contributed by atoms with Crippen molar-refractivity contribution in [2.45, 2.75) is 51.5 Å². The summed E-state index contributed by atoms with van der Waals surface area (Å²) in [5, 5.41) is 13.2. The summed E-state index contributed by atoms with van der Waals surface area (Å²) in [5.74, 6) is 0.344. The molecule has 0 radical (unpaired) electrons. The Bertz CT molecular complexity index is 485. The highest BCUT2D eigenvalue weighted by molar-refractivity contribution is 5.67. The summed E-state index contributed by atoms with van der Waals surface area (Å²) in [6.45, 7) is 6.68. The van der Waals surface area contributed by atoms with Crippen LogP contribution in [-0.4, -0.2) is 35.6 Å². The van der Waals surface area contributed by atoms with Gasteiger partial charge in [0.25, 0.3) is 0 Å². The number of hydrogen-bond acceptors (Lipinski definition) is 4. The van der Waals surface area contributed by atoms with E-state index in [-0.39, 0.29) is 12.6 Å². The lowest BCUT2D eigenvalue weighted by molar-refractivity contribution is 0.0406. The van der Waals surface area contributed by atoms with Crippen molar-refractivity contribution in [2.24, 2.45) is 5.92 Å². The molecule has 22 heavy (non-hydrogen) atoms. The topological polar surface area (TPSA) is 71.1 Å². The van der Waals surface area contributed by atoms with Crippen LogP contribution in [0.1, 0.15) is 32.8 Å². The second kappa shape index (κ2) is 7.11. The van der Waals surface area contributed by atoms with E-state index in [1.165, 1.54) is 0 Å². The van der Waals surface area contributed by atoms with Crippen LogP contribution in [0.4, 0.5) is 4.79 Å². The number of ether oxygens (including phenoxy) is 2. The third-order valence-electron chi connectivity index (χ3n) is 3.85. The number of aliphatic hydroxyl groups excluding tert-OH is 1. The molecule has 1 aromatic carbocycles. The molecule has 0 saturated carbocycles. The van der Waals surface area contributed by atoms with E-state index in [2.05, 4.69) is 5.32 Å². The van der Waals surface area contributed by atoms with Gasteiger partial charge in [-0.2, -0.15) is 0 Å². The normalized spacial score (nSPS) is 23.0. The van der Waals surface area contributed by atoms with Crippen molar-refractivity contribution in [3.05, 3.63) is 35.9 Å². The summed E-state index contributed by atoms with van der Waals surface area (Å²) in [5.41, 5.74) is 0.378. The van der Waals surface area contributed by atoms with Crippen LogP contribution in [0, 0.1) is 5.92 Å². The van der Waals surface area contributed by atoms with Gasteiger partial charge in [0.2, 0.25) is 0 Å². The standard InChI is InChI=1S/C17H25NO4/c1-12(2)9-14(15(19)17(3)11-22-17)18-16(20)21-10-13-7-5-4-6-8-13/h4-8,12,14-15,19H,9-11H2,1-3H3,(H,18,20)/t14-,15+,17-/m0/s1. The molecule has 0 spiro atoms. The summed E-state index contributed by atoms with van der Waals surface area (Å²) < 4.78 is 10.5. The van der Waals surface area contributed by atoms with Crippen molar-refractivity contribution >= 4 is 6.09 Å². The van der Waals surface area contributed by atoms with Gasteiger partial charge in [0.05, 0.1) is 12.6 Å². The van der Waals surface area contributed by atoms with Crippen LogP contribution in [0.15, 0.2) is 30.3 Å². The molecule has 122 valence electrons. The Morgan fingerprint density at radius 2 is 2.05 bits per heavy atom. The van der Waals surface area contributed by atoms with Gasteiger partial charge in [-0.05, 0) is 24.8 Å². The lowest BCUT2D eigenvalue weighted by atomic mass is 9.92. The molecule has 1 aromatic rings. The highest BCUT2D eigenvalue weighted by Crippen LogP contribution is 2.33. The number of aliphatic hydroxyl groups is 1. The van der Waals surface area contributed by atoms with E-state index in [0.29, 0.717) is 18.9 Å². The summed E-state index contributed by atoms with van der Waals surface area (Å²) >= 11 is 0. The Labute approximate surface area is 131 Å². The molecule has 1 fully saturated rings. The molecule has 0 aromatic heterocycles. The van der Waals surface area contributed by atoms with Gasteiger partial charge < -0.3 is 19.9 Å². The minimum atomic E-state index is -0.737. The van der Waals surface area contributed by atoms with Crippen molar-refractivity contribution in [2.75, 3.05) is 6.61 Å². The molecule has 3 atom stereocenters. The van der Waals surface area contributed by atoms with Gasteiger partial charge in [-0.15, -0.1) is 0 Å². The van der Waals surface area contributed by atoms with Crippen LogP contribution in [0.2, 0.25) is 0 Å². The predicted molar refractivity (Wildman–Crippen MR) is 83.4 cm³/mol. The van der Waals surface area contributed by atoms with Gasteiger partial charge in [0, 0.05) is 0 Å². The molecule has 1 aliphatic heterocycles. The van der Waals surface area contributed by atoms with Gasteiger partial charge in [0.1, 0.15) is 18.3 Å². The van der Waals surface area contributed by atoms with Gasteiger partial charge >= 0.3 is 6.09 Å². The van der Waals surface area contributed by atoms with E-state index < -0.39 is 17.8 Å². The number of epoxide rings is 1. The number of amides is 1. The van der Waals surface area contributed by atoms with Gasteiger partial charge in [-0.3, -0.25) is 0 Å². The quantitative estimate of drug-likeness (QED) is 0.759. The Hall–Kier alpha value is -1.59. The molecule has 0 aliphatic carbocycles. The van der Waals surface area contributed by atoms with E-state index in [4.69, 9.17) is 9.47 Å². The van der Waals surface area contributed by atoms with E-state index >= 15 is 0 Å². The molecular formula is C17H25NO4. The largest absolute Gasteiger partial charge is 0.445 e. The summed E-state index contributed by atoms with van der Waals surface area (Å²) in [6, 6.07) is 9.12. The summed E-state index contributed by atoms with van der Waals surface area (Å²) in [6.07, 6.45) is -0.586. The van der Waals surface area contributed by atoms with Gasteiger partial charge in [0.15, 0.2) is 0 Å². The molecule has 2 rings (SSSR count). The average molecular weight is 307 g/mol. The zero-order chi connectivity index (χ0) is 16.2. The number of hydrogen-bond donors (Lipinski definition) is 2. The smallest absolute Gasteiger partial charge is 0.407 e. The fourth-order valence-corrected chi connectivity index (χ4v) is 2.40. The lowest BCUT2D eigenvalue weighted by Gasteiger charge is -2.27. The summed E-state index contributed by atoms with van der Waals surface area (Å²) in [4.78, 5) is 12.0. The van der Waals surface area contributed by atoms with E-state index in [1.54, 1.807) is 0 Å². The van der Waals surface area contributed by atoms with Crippen LogP contribution in [-0.2, 0) is 16.1 Å². The number of carbonyl (C=O) groups is 1. The van der Waals surface area contributed by atoms with Crippen LogP contribution in [0.3, 0.4) is 0 Å². The number of alkyl carbamates (subject to hydrolysis) is 1. The second-order valence-corrected chi connectivity index (χ2v) is 6.49. The molecule has 0 bridgehead atoms. The maximum atomic E-state index is 12.0. The molecule has 5 nitrogen and oxygen atoms in total. The third kappa shape index (κ3) is 4.71. The summed E-state index contributed by atoms with van der Waals surface area (Å²) in [7, 11) is 0. The highest BCUT2D eigenvalue weighted by atomic mass is 16.6. The SMILES string of the molecule is CC(C)C[C@H](NC(=O)OCc1ccccc1)[C@@H](O)[C@]1(C)CO1. The zero-order valence-electron chi connectivity index (χ0n) is 13.4. The lowest BCUT2D eigenvalue weighted by Crippen LogP contribution is -2.50. The van der Waals surface area contributed by atoms with Crippen LogP contribution in [0.25, 0.3) is 0 Å². The Kier molecular flexibility index (Phi) is 5.42. The number of nitrogens with one attached hydrogen (secondary N) is 1. The van der Waals surface area contributed by atoms with Crippen LogP contribution >= 0.6 is 0 Å². The molecule has 1 aliphatic rings. The fraction of sp³-hybridized carbons (Fsp3) is 0.588. The van der Waals surface area contributed by atoms with Crippen molar-refractivity contribution < 1.29 is 19.4 Å². The van der Waals surface area contributed by atoms with E-state index in [9.17, 15) is 9.90 Å². The first-order valence-electron chi connectivity index (χ1n) is 7.70. The Morgan fingerprint density at radius 1 is 1.41 bits per heavy atom. The maximum absolute atomic E-state index is 12.0. The molecule has 2 N–H and O–H groups in total. The fourth-order valence-electron chi connectivity index (χ4n) is 2.40. The first-order chi connectivity index (χ1) is 10.4. The maximum Gasteiger partial charge on any atom is 0.407 e. The van der Waals surface area contributed by atoms with Crippen molar-refractivity contribution in [3.8, 4) is 0 Å². The van der Waals surface area contributed by atoms with E-state index in [1.807, 2.05) is 51.1 Å². The zero-order valence-corrected chi connectivity index (χ0v) is 13.4. The number of benzene rings is 1. The van der Waals surface area contributed by atoms with Gasteiger partial charge in [-0.25, -0.2) is 4.79 Å². The van der Waals surface area contributed by atoms with Crippen LogP contribution < -0.4 is 5.32 Å². The molecular weight excluding hydrogens is 282 g/mol. The first kappa shape index (κ1) is 16.8. The highest BCUT2D eigenvalue weighted by Gasteiger charge is 2.50. The number of carbonyl (C=O) groups excluding carboxylic acids is 1. The molecule has 5 heteroatoms. The monoisotopic (exact) mass is 307 g/mol. The minimum absolute atomic E-state index is 0.213. The molecule has 0 unspecified atom stereocenters. The van der Waals surface area contributed by atoms with Crippen LogP contribution in [0.5, 0.6) is 0 Å².